The van der Waals surface area contributed by atoms with Crippen LogP contribution in [0.2, 0.25) is 0 Å². The summed E-state index contributed by atoms with van der Waals surface area (Å²) in [5, 5.41) is 0. The number of esters is 2. The molecule has 4 nitrogen and oxygen atoms in total. The summed E-state index contributed by atoms with van der Waals surface area (Å²) in [6.45, 7) is 25.2. The summed E-state index contributed by atoms with van der Waals surface area (Å²) in [5.41, 5.74) is 4.69. The third-order valence-electron chi connectivity index (χ3n) is 21.9. The van der Waals surface area contributed by atoms with E-state index in [-0.39, 0.29) is 35.0 Å². The largest absolute Gasteiger partial charge is 0.462 e. The minimum Gasteiger partial charge on any atom is -0.462 e. The SMILES string of the molecule is CC(C)CCC[C@@H](C)[C@@H]1CC[C@H]2[C@@H]3CC=C4C[C@@H](OC(=O)CCCC(=O)O[C@H]5CC[C@@]6(C)C(=CC[C@@H]7[C@H]8CC[C@@H]([C@H](C)CCCC(C)C)[C@@]8(C)CC[C@H]76)C5)CC[C@@]4(C)[C@@H]3CC[C@]21C. The lowest BCUT2D eigenvalue weighted by molar-refractivity contribution is -0.153. The van der Waals surface area contributed by atoms with Crippen molar-refractivity contribution in [1.82, 2.24) is 0 Å². The monoisotopic (exact) mass is 869 g/mol. The van der Waals surface area contributed by atoms with E-state index >= 15 is 0 Å². The zero-order chi connectivity index (χ0) is 44.9. The van der Waals surface area contributed by atoms with Crippen LogP contribution in [0.25, 0.3) is 0 Å². The Kier molecular flexibility index (Phi) is 14.6. The molecule has 0 unspecified atom stereocenters. The zero-order valence-electron chi connectivity index (χ0n) is 42.5. The molecule has 0 aromatic carbocycles. The normalized spacial score (nSPS) is 42.7. The second-order valence-electron chi connectivity index (χ2n) is 26.1. The molecule has 8 aliphatic carbocycles. The number of hydrogen-bond acceptors (Lipinski definition) is 4. The molecular weight excluding hydrogens is 773 g/mol. The summed E-state index contributed by atoms with van der Waals surface area (Å²) in [6.07, 6.45) is 34.4. The fourth-order valence-corrected chi connectivity index (χ4v) is 18.4. The summed E-state index contributed by atoms with van der Waals surface area (Å²) in [4.78, 5) is 26.4. The lowest BCUT2D eigenvalue weighted by Gasteiger charge is -2.58. The molecule has 0 aliphatic heterocycles. The van der Waals surface area contributed by atoms with Crippen LogP contribution >= 0.6 is 0 Å². The van der Waals surface area contributed by atoms with Crippen molar-refractivity contribution in [3.05, 3.63) is 23.3 Å². The molecule has 0 radical (unpaired) electrons. The Hall–Kier alpha value is -1.58. The summed E-state index contributed by atoms with van der Waals surface area (Å²) < 4.78 is 12.3. The number of carbonyl (C=O) groups excluding carboxylic acids is 2. The highest BCUT2D eigenvalue weighted by molar-refractivity contribution is 5.72. The van der Waals surface area contributed by atoms with E-state index in [0.717, 1.165) is 110 Å². The smallest absolute Gasteiger partial charge is 0.306 e. The number of carbonyl (C=O) groups is 2. The lowest BCUT2D eigenvalue weighted by Crippen LogP contribution is -2.51. The highest BCUT2D eigenvalue weighted by Gasteiger charge is 2.61. The molecule has 8 aliphatic rings. The molecular formula is C59H96O4. The van der Waals surface area contributed by atoms with Crippen LogP contribution in [-0.2, 0) is 19.1 Å². The van der Waals surface area contributed by atoms with Crippen molar-refractivity contribution in [1.29, 1.82) is 0 Å². The molecule has 0 bridgehead atoms. The molecule has 0 heterocycles. The summed E-state index contributed by atoms with van der Waals surface area (Å²) in [6, 6.07) is 0. The number of allylic oxidation sites excluding steroid dienone is 2. The topological polar surface area (TPSA) is 52.6 Å². The van der Waals surface area contributed by atoms with Gasteiger partial charge in [-0.25, -0.2) is 0 Å². The lowest BCUT2D eigenvalue weighted by atomic mass is 9.47. The number of rotatable bonds is 16. The van der Waals surface area contributed by atoms with Crippen LogP contribution in [0.5, 0.6) is 0 Å². The molecule has 0 spiro atoms. The predicted molar refractivity (Wildman–Crippen MR) is 260 cm³/mol. The number of fused-ring (bicyclic) bond motifs is 10. The van der Waals surface area contributed by atoms with Crippen molar-refractivity contribution in [3.63, 3.8) is 0 Å². The Morgan fingerprint density at radius 1 is 0.524 bits per heavy atom. The standard InChI is InChI=1S/C59H96O4/c1-38(2)14-11-16-40(5)48-24-26-50-46-22-20-42-36-44(28-32-56(42,7)52(46)30-34-58(48,50)9)62-54(60)18-13-19-55(61)63-45-29-33-57(8)43(37-45)21-23-47-51-27-25-49(41(6)17-12-15-39(3)4)59(51,10)35-31-53(47)57/h20-21,38-41,44-53H,11-19,22-37H2,1-10H3/t40-,41-,44+,45+,46-,47+,48+,49+,50-,51+,52-,53-,56+,57-,58-,59+/m1/s1. The van der Waals surface area contributed by atoms with Crippen molar-refractivity contribution in [2.45, 2.75) is 242 Å². The van der Waals surface area contributed by atoms with E-state index in [1.807, 2.05) is 0 Å². The zero-order valence-corrected chi connectivity index (χ0v) is 42.5. The minimum atomic E-state index is -0.133. The molecule has 4 heteroatoms. The first kappa shape index (κ1) is 47.9. The van der Waals surface area contributed by atoms with Gasteiger partial charge in [0.05, 0.1) is 0 Å². The average Bonchev–Trinajstić information content (AvgIpc) is 3.77. The molecule has 0 saturated heterocycles. The molecule has 356 valence electrons. The average molecular weight is 869 g/mol. The Morgan fingerprint density at radius 3 is 1.33 bits per heavy atom. The Bertz CT molecular complexity index is 1550. The van der Waals surface area contributed by atoms with E-state index in [0.29, 0.717) is 30.1 Å². The van der Waals surface area contributed by atoms with Gasteiger partial charge in [-0.1, -0.05) is 131 Å². The first-order valence-electron chi connectivity index (χ1n) is 27.7. The maximum absolute atomic E-state index is 13.2. The molecule has 0 aromatic heterocycles. The molecule has 6 fully saturated rings. The first-order valence-corrected chi connectivity index (χ1v) is 27.7. The van der Waals surface area contributed by atoms with Gasteiger partial charge >= 0.3 is 11.9 Å². The summed E-state index contributed by atoms with van der Waals surface area (Å²) in [7, 11) is 0. The number of ether oxygens (including phenoxy) is 2. The maximum Gasteiger partial charge on any atom is 0.306 e. The van der Waals surface area contributed by atoms with Gasteiger partial charge in [-0.15, -0.1) is 0 Å². The Balaban J connectivity index is 0.767. The van der Waals surface area contributed by atoms with Gasteiger partial charge in [0.2, 0.25) is 0 Å². The quantitative estimate of drug-likeness (QED) is 0.115. The van der Waals surface area contributed by atoms with E-state index < -0.39 is 0 Å². The van der Waals surface area contributed by atoms with Crippen LogP contribution < -0.4 is 0 Å². The van der Waals surface area contributed by atoms with Crippen LogP contribution in [-0.4, -0.2) is 24.1 Å². The second-order valence-corrected chi connectivity index (χ2v) is 26.1. The molecule has 0 N–H and O–H groups in total. The van der Waals surface area contributed by atoms with E-state index in [2.05, 4.69) is 81.4 Å². The van der Waals surface area contributed by atoms with Crippen LogP contribution in [0.4, 0.5) is 0 Å². The molecule has 0 amide bonds. The van der Waals surface area contributed by atoms with Gasteiger partial charge in [-0.3, -0.25) is 9.59 Å². The molecule has 16 atom stereocenters. The van der Waals surface area contributed by atoms with Gasteiger partial charge in [0.25, 0.3) is 0 Å². The van der Waals surface area contributed by atoms with Crippen LogP contribution in [0.15, 0.2) is 23.3 Å². The fourth-order valence-electron chi connectivity index (χ4n) is 18.4. The fraction of sp³-hybridized carbons (Fsp3) is 0.898. The van der Waals surface area contributed by atoms with Gasteiger partial charge in [0, 0.05) is 25.7 Å². The van der Waals surface area contributed by atoms with Gasteiger partial charge in [-0.2, -0.15) is 0 Å². The first-order chi connectivity index (χ1) is 30.0. The van der Waals surface area contributed by atoms with Crippen LogP contribution in [0.3, 0.4) is 0 Å². The third-order valence-corrected chi connectivity index (χ3v) is 21.9. The molecule has 6 saturated carbocycles. The number of hydrogen-bond donors (Lipinski definition) is 0. The van der Waals surface area contributed by atoms with Crippen molar-refractivity contribution in [3.8, 4) is 0 Å². The molecule has 63 heavy (non-hydrogen) atoms. The van der Waals surface area contributed by atoms with Crippen LogP contribution in [0, 0.1) is 92.7 Å². The maximum atomic E-state index is 13.2. The second kappa shape index (κ2) is 19.2. The molecule has 8 rings (SSSR count). The summed E-state index contributed by atoms with van der Waals surface area (Å²) in [5.74, 6) is 9.78. The van der Waals surface area contributed by atoms with Crippen molar-refractivity contribution < 1.29 is 19.1 Å². The Labute approximate surface area is 387 Å². The van der Waals surface area contributed by atoms with E-state index in [9.17, 15) is 9.59 Å². The molecule has 0 aromatic rings. The van der Waals surface area contributed by atoms with E-state index in [4.69, 9.17) is 9.47 Å². The van der Waals surface area contributed by atoms with E-state index in [1.165, 1.54) is 103 Å². The third kappa shape index (κ3) is 9.36. The predicted octanol–water partition coefficient (Wildman–Crippen LogP) is 16.1. The highest BCUT2D eigenvalue weighted by Crippen LogP contribution is 2.69. The Morgan fingerprint density at radius 2 is 0.937 bits per heavy atom. The van der Waals surface area contributed by atoms with Crippen molar-refractivity contribution in [2.75, 3.05) is 0 Å². The highest BCUT2D eigenvalue weighted by atomic mass is 16.5. The van der Waals surface area contributed by atoms with E-state index in [1.54, 1.807) is 11.1 Å². The van der Waals surface area contributed by atoms with Gasteiger partial charge in [0.1, 0.15) is 12.2 Å². The van der Waals surface area contributed by atoms with Gasteiger partial charge in [-0.05, 0) is 189 Å². The van der Waals surface area contributed by atoms with Gasteiger partial charge < -0.3 is 9.47 Å². The van der Waals surface area contributed by atoms with Gasteiger partial charge in [0.15, 0.2) is 0 Å². The summed E-state index contributed by atoms with van der Waals surface area (Å²) >= 11 is 0. The van der Waals surface area contributed by atoms with Crippen LogP contribution in [0.1, 0.15) is 230 Å². The van der Waals surface area contributed by atoms with Crippen molar-refractivity contribution in [2.24, 2.45) is 92.7 Å². The minimum absolute atomic E-state index is 0.0206. The van der Waals surface area contributed by atoms with Crippen molar-refractivity contribution >= 4 is 11.9 Å².